The third-order valence-corrected chi connectivity index (χ3v) is 10.4. The van der Waals surface area contributed by atoms with Crippen LogP contribution in [-0.2, 0) is 25.3 Å². The second-order valence-electron chi connectivity index (χ2n) is 11.3. The van der Waals surface area contributed by atoms with Crippen LogP contribution in [0, 0.1) is 11.3 Å². The molecule has 0 amide bonds. The Bertz CT molecular complexity index is 1600. The molecule has 0 radical (unpaired) electrons. The van der Waals surface area contributed by atoms with Crippen molar-refractivity contribution in [3.8, 4) is 17.6 Å². The first-order valence-corrected chi connectivity index (χ1v) is 14.5. The lowest BCUT2D eigenvalue weighted by Crippen LogP contribution is -2.35. The van der Waals surface area contributed by atoms with E-state index in [2.05, 4.69) is 30.1 Å². The average Bonchev–Trinajstić information content (AvgIpc) is 3.68. The first-order valence-electron chi connectivity index (χ1n) is 13.6. The molecule has 2 N–H and O–H groups in total. The minimum absolute atomic E-state index is 0.262. The van der Waals surface area contributed by atoms with Crippen LogP contribution in [0.2, 0.25) is 0 Å². The van der Waals surface area contributed by atoms with Crippen LogP contribution in [0.3, 0.4) is 0 Å². The van der Waals surface area contributed by atoms with Crippen LogP contribution in [-0.4, -0.2) is 49.4 Å². The van der Waals surface area contributed by atoms with E-state index in [4.69, 9.17) is 25.3 Å². The van der Waals surface area contributed by atoms with Gasteiger partial charge >= 0.3 is 0 Å². The molecule has 38 heavy (non-hydrogen) atoms. The van der Waals surface area contributed by atoms with Crippen molar-refractivity contribution in [3.05, 3.63) is 39.2 Å². The van der Waals surface area contributed by atoms with Gasteiger partial charge in [-0.25, -0.2) is 9.97 Å². The number of nitrogens with two attached hydrogens (primary N) is 1. The quantitative estimate of drug-likeness (QED) is 0.406. The van der Waals surface area contributed by atoms with Crippen molar-refractivity contribution in [1.82, 2.24) is 29.8 Å². The molecule has 2 aliphatic carbocycles. The Kier molecular flexibility index (Phi) is 5.39. The van der Waals surface area contributed by atoms with Gasteiger partial charge in [-0.2, -0.15) is 10.4 Å². The van der Waals surface area contributed by atoms with Gasteiger partial charge in [-0.1, -0.05) is 12.1 Å². The van der Waals surface area contributed by atoms with Crippen LogP contribution in [0.1, 0.15) is 84.4 Å². The fourth-order valence-electron chi connectivity index (χ4n) is 7.45. The number of nitriles is 1. The molecule has 10 heteroatoms. The Morgan fingerprint density at radius 2 is 2.05 bits per heavy atom. The first kappa shape index (κ1) is 23.8. The molecule has 1 aliphatic heterocycles. The highest BCUT2D eigenvalue weighted by molar-refractivity contribution is 7.16. The summed E-state index contributed by atoms with van der Waals surface area (Å²) in [7, 11) is 4.16. The molecule has 4 aromatic rings. The summed E-state index contributed by atoms with van der Waals surface area (Å²) in [6, 6.07) is 2.85. The van der Waals surface area contributed by atoms with Crippen LogP contribution >= 0.6 is 11.3 Å². The summed E-state index contributed by atoms with van der Waals surface area (Å²) in [6.45, 7) is 3.38. The molecule has 7 rings (SSSR count). The van der Waals surface area contributed by atoms with Gasteiger partial charge in [-0.3, -0.25) is 4.68 Å². The minimum Gasteiger partial charge on any atom is -0.389 e. The third kappa shape index (κ3) is 3.24. The van der Waals surface area contributed by atoms with Gasteiger partial charge in [0.25, 0.3) is 0 Å². The summed E-state index contributed by atoms with van der Waals surface area (Å²) in [5, 5.41) is 20.1. The molecule has 3 aliphatic rings. The zero-order chi connectivity index (χ0) is 26.2. The van der Waals surface area contributed by atoms with E-state index in [0.717, 1.165) is 84.4 Å². The number of aromatic nitrogens is 5. The number of hydrogen-bond donors (Lipinski definition) is 1. The number of anilines is 1. The number of rotatable bonds is 3. The maximum absolute atomic E-state index is 9.98. The third-order valence-electron chi connectivity index (χ3n) is 9.27. The van der Waals surface area contributed by atoms with Crippen molar-refractivity contribution in [1.29, 1.82) is 5.26 Å². The lowest BCUT2D eigenvalue weighted by molar-refractivity contribution is 0.265. The number of nitrogens with zero attached hydrogens (tertiary/aromatic N) is 7. The maximum atomic E-state index is 9.98. The van der Waals surface area contributed by atoms with Crippen LogP contribution in [0.4, 0.5) is 5.00 Å². The van der Waals surface area contributed by atoms with E-state index in [1.807, 2.05) is 17.9 Å². The predicted octanol–water partition coefficient (Wildman–Crippen LogP) is 4.69. The van der Waals surface area contributed by atoms with Crippen molar-refractivity contribution in [2.24, 2.45) is 7.05 Å². The smallest absolute Gasteiger partial charge is 0.182 e. The minimum atomic E-state index is -0.350. The average molecular weight is 529 g/mol. The maximum Gasteiger partial charge on any atom is 0.182 e. The Morgan fingerprint density at radius 1 is 1.24 bits per heavy atom. The standard InChI is InChI=1S/C28H32N8OS/c1-15(18-8-6-12-35(18)2)22-24-19(36(3)33-22)14-31-27(32-24)23-16-7-4-10-28(25(16)37-34-23)11-5-9-20-21(28)17(13-29)26(30)38-20/h14-15,18H,4-12,30H2,1-3H3. The van der Waals surface area contributed by atoms with E-state index in [0.29, 0.717) is 22.4 Å². The number of thiophene rings is 1. The second kappa shape index (κ2) is 8.61. The first-order chi connectivity index (χ1) is 18.4. The normalized spacial score (nSPS) is 24.0. The van der Waals surface area contributed by atoms with E-state index in [1.54, 1.807) is 11.3 Å². The molecule has 1 saturated heterocycles. The molecule has 0 aromatic carbocycles. The van der Waals surface area contributed by atoms with Crippen LogP contribution in [0.25, 0.3) is 22.6 Å². The van der Waals surface area contributed by atoms with Crippen molar-refractivity contribution < 1.29 is 4.52 Å². The van der Waals surface area contributed by atoms with Gasteiger partial charge in [-0.15, -0.1) is 11.3 Å². The van der Waals surface area contributed by atoms with Gasteiger partial charge in [0.15, 0.2) is 17.3 Å². The number of nitrogen functional groups attached to an aromatic ring is 1. The zero-order valence-corrected chi connectivity index (χ0v) is 22.9. The van der Waals surface area contributed by atoms with E-state index in [-0.39, 0.29) is 11.3 Å². The van der Waals surface area contributed by atoms with Gasteiger partial charge in [0, 0.05) is 29.4 Å². The summed E-state index contributed by atoms with van der Waals surface area (Å²) in [5.74, 6) is 1.73. The van der Waals surface area contributed by atoms with Crippen LogP contribution < -0.4 is 5.73 Å². The highest BCUT2D eigenvalue weighted by Gasteiger charge is 2.48. The van der Waals surface area contributed by atoms with Crippen molar-refractivity contribution in [2.45, 2.75) is 75.7 Å². The van der Waals surface area contributed by atoms with E-state index in [1.165, 1.54) is 17.7 Å². The van der Waals surface area contributed by atoms with Gasteiger partial charge in [0.05, 0.1) is 22.9 Å². The fraction of sp³-hybridized carbons (Fsp3) is 0.536. The van der Waals surface area contributed by atoms with Crippen molar-refractivity contribution >= 4 is 27.4 Å². The second-order valence-corrected chi connectivity index (χ2v) is 12.4. The van der Waals surface area contributed by atoms with Crippen LogP contribution in [0.5, 0.6) is 0 Å². The Morgan fingerprint density at radius 3 is 2.82 bits per heavy atom. The largest absolute Gasteiger partial charge is 0.389 e. The summed E-state index contributed by atoms with van der Waals surface area (Å²) in [5.41, 5.74) is 12.3. The molecule has 3 atom stereocenters. The molecule has 3 unspecified atom stereocenters. The van der Waals surface area contributed by atoms with E-state index < -0.39 is 0 Å². The molecule has 1 spiro atoms. The SMILES string of the molecule is CC(c1nn(C)c2cnc(-c3noc4c3CCCC43CCCc4sc(N)c(C#N)c43)nc12)C1CCCN1C. The Hall–Kier alpha value is -3.29. The Balaban J connectivity index is 1.35. The molecule has 1 fully saturated rings. The number of likely N-dealkylation sites (tertiary alicyclic amines) is 1. The summed E-state index contributed by atoms with van der Waals surface area (Å²) >= 11 is 1.56. The van der Waals surface area contributed by atoms with Gasteiger partial charge in [0.1, 0.15) is 22.1 Å². The molecular weight excluding hydrogens is 496 g/mol. The Labute approximate surface area is 225 Å². The molecule has 196 valence electrons. The lowest BCUT2D eigenvalue weighted by Gasteiger charge is -2.39. The molecule has 4 aromatic heterocycles. The van der Waals surface area contributed by atoms with Crippen molar-refractivity contribution in [3.63, 3.8) is 0 Å². The lowest BCUT2D eigenvalue weighted by atomic mass is 9.63. The summed E-state index contributed by atoms with van der Waals surface area (Å²) < 4.78 is 8.08. The van der Waals surface area contributed by atoms with Gasteiger partial charge in [0.2, 0.25) is 0 Å². The highest BCUT2D eigenvalue weighted by Crippen LogP contribution is 2.55. The number of hydrogen-bond acceptors (Lipinski definition) is 9. The van der Waals surface area contributed by atoms with Gasteiger partial charge in [-0.05, 0) is 70.5 Å². The van der Waals surface area contributed by atoms with Crippen LogP contribution in [0.15, 0.2) is 10.7 Å². The van der Waals surface area contributed by atoms with E-state index >= 15 is 0 Å². The predicted molar refractivity (Wildman–Crippen MR) is 146 cm³/mol. The zero-order valence-electron chi connectivity index (χ0n) is 22.1. The molecule has 5 heterocycles. The highest BCUT2D eigenvalue weighted by atomic mass is 32.1. The van der Waals surface area contributed by atoms with E-state index in [9.17, 15) is 5.26 Å². The number of fused-ring (bicyclic) bond motifs is 5. The van der Waals surface area contributed by atoms with Gasteiger partial charge < -0.3 is 15.2 Å². The monoisotopic (exact) mass is 528 g/mol. The molecular formula is C28H32N8OS. The van der Waals surface area contributed by atoms with Crippen molar-refractivity contribution in [2.75, 3.05) is 19.3 Å². The summed E-state index contributed by atoms with van der Waals surface area (Å²) in [4.78, 5) is 13.5. The number of aryl methyl sites for hydroxylation is 2. The fourth-order valence-corrected chi connectivity index (χ4v) is 8.61. The topological polar surface area (TPSA) is 123 Å². The molecule has 0 bridgehead atoms. The number of likely N-dealkylation sites (N-methyl/N-ethyl adjacent to an activating group) is 1. The molecule has 0 saturated carbocycles. The summed E-state index contributed by atoms with van der Waals surface area (Å²) in [6.07, 6.45) is 9.98. The molecule has 9 nitrogen and oxygen atoms in total.